The number of nitrogens with zero attached hydrogens (tertiary/aromatic N) is 3. The molecule has 0 fully saturated rings. The van der Waals surface area contributed by atoms with E-state index in [4.69, 9.17) is 4.74 Å². The Hall–Kier alpha value is -2.84. The molecular formula is C19H19N3O4S. The Bertz CT molecular complexity index is 1080. The van der Waals surface area contributed by atoms with Gasteiger partial charge in [0.2, 0.25) is 0 Å². The van der Waals surface area contributed by atoms with Gasteiger partial charge < -0.3 is 9.30 Å². The number of aromatic nitrogens is 1. The number of carbonyl (C=O) groups excluding carboxylic acids is 1. The van der Waals surface area contributed by atoms with E-state index >= 15 is 0 Å². The largest absolute Gasteiger partial charge is 0.383 e. The molecule has 2 aromatic carbocycles. The Morgan fingerprint density at radius 1 is 1.22 bits per heavy atom. The van der Waals surface area contributed by atoms with Crippen molar-refractivity contribution in [1.82, 2.24) is 4.57 Å². The van der Waals surface area contributed by atoms with Crippen molar-refractivity contribution in [3.63, 3.8) is 0 Å². The van der Waals surface area contributed by atoms with E-state index in [1.54, 1.807) is 7.11 Å². The summed E-state index contributed by atoms with van der Waals surface area (Å²) in [7, 11) is 1.63. The monoisotopic (exact) mass is 385 g/mol. The Morgan fingerprint density at radius 2 is 1.89 bits per heavy atom. The highest BCUT2D eigenvalue weighted by atomic mass is 32.1. The van der Waals surface area contributed by atoms with Crippen molar-refractivity contribution in [2.75, 3.05) is 13.7 Å². The number of thiazole rings is 1. The second-order valence-electron chi connectivity index (χ2n) is 6.15. The fraction of sp³-hybridized carbons (Fsp3) is 0.263. The molecule has 1 aromatic heterocycles. The first-order valence-corrected chi connectivity index (χ1v) is 9.15. The van der Waals surface area contributed by atoms with Gasteiger partial charge >= 0.3 is 0 Å². The van der Waals surface area contributed by atoms with Crippen LogP contribution in [0.3, 0.4) is 0 Å². The first-order valence-electron chi connectivity index (χ1n) is 8.33. The number of nitro groups is 1. The maximum absolute atomic E-state index is 12.6. The van der Waals surface area contributed by atoms with E-state index in [0.717, 1.165) is 10.2 Å². The van der Waals surface area contributed by atoms with Crippen molar-refractivity contribution in [3.8, 4) is 0 Å². The van der Waals surface area contributed by atoms with E-state index in [1.165, 1.54) is 46.7 Å². The highest BCUT2D eigenvalue weighted by Gasteiger charge is 2.12. The number of nitro benzene ring substituents is 1. The number of hydrogen-bond acceptors (Lipinski definition) is 5. The van der Waals surface area contributed by atoms with E-state index in [0.29, 0.717) is 23.5 Å². The van der Waals surface area contributed by atoms with Gasteiger partial charge in [0.25, 0.3) is 11.6 Å². The number of rotatable bonds is 5. The molecule has 8 heteroatoms. The molecule has 0 saturated carbocycles. The summed E-state index contributed by atoms with van der Waals surface area (Å²) in [5.41, 5.74) is 3.60. The Balaban J connectivity index is 2.08. The van der Waals surface area contributed by atoms with Gasteiger partial charge in [-0.3, -0.25) is 14.9 Å². The molecular weight excluding hydrogens is 366 g/mol. The van der Waals surface area contributed by atoms with Crippen LogP contribution in [0.4, 0.5) is 5.69 Å². The summed E-state index contributed by atoms with van der Waals surface area (Å²) < 4.78 is 8.21. The molecule has 0 unspecified atom stereocenters. The van der Waals surface area contributed by atoms with Crippen LogP contribution in [-0.2, 0) is 11.3 Å². The molecule has 0 aliphatic heterocycles. The fourth-order valence-electron chi connectivity index (χ4n) is 2.68. The van der Waals surface area contributed by atoms with Crippen molar-refractivity contribution in [3.05, 3.63) is 68.0 Å². The van der Waals surface area contributed by atoms with Gasteiger partial charge in [0.1, 0.15) is 0 Å². The minimum atomic E-state index is -0.499. The third-order valence-electron chi connectivity index (χ3n) is 4.34. The van der Waals surface area contributed by atoms with Crippen LogP contribution in [0.15, 0.2) is 41.4 Å². The normalized spacial score (nSPS) is 11.9. The molecule has 0 aliphatic carbocycles. The van der Waals surface area contributed by atoms with Crippen LogP contribution < -0.4 is 4.80 Å². The maximum atomic E-state index is 12.6. The van der Waals surface area contributed by atoms with Gasteiger partial charge in [0, 0.05) is 31.4 Å². The lowest BCUT2D eigenvalue weighted by atomic mass is 10.1. The first-order chi connectivity index (χ1) is 12.9. The van der Waals surface area contributed by atoms with Crippen molar-refractivity contribution >= 4 is 33.1 Å². The summed E-state index contributed by atoms with van der Waals surface area (Å²) in [6.07, 6.45) is 0. The molecule has 0 spiro atoms. The van der Waals surface area contributed by atoms with Crippen LogP contribution in [0.2, 0.25) is 0 Å². The number of carbonyl (C=O) groups is 1. The minimum Gasteiger partial charge on any atom is -0.383 e. The quantitative estimate of drug-likeness (QED) is 0.496. The fourth-order valence-corrected chi connectivity index (χ4v) is 3.82. The molecule has 27 heavy (non-hydrogen) atoms. The van der Waals surface area contributed by atoms with E-state index in [-0.39, 0.29) is 5.69 Å². The molecule has 1 heterocycles. The molecule has 0 atom stereocenters. The minimum absolute atomic E-state index is 0.0606. The van der Waals surface area contributed by atoms with Gasteiger partial charge in [-0.1, -0.05) is 11.3 Å². The zero-order valence-corrected chi connectivity index (χ0v) is 16.1. The van der Waals surface area contributed by atoms with Crippen LogP contribution in [0.25, 0.3) is 10.2 Å². The average molecular weight is 385 g/mol. The summed E-state index contributed by atoms with van der Waals surface area (Å²) in [4.78, 5) is 27.7. The molecule has 0 N–H and O–H groups in total. The number of amides is 1. The highest BCUT2D eigenvalue weighted by molar-refractivity contribution is 7.16. The average Bonchev–Trinajstić information content (AvgIpc) is 2.96. The van der Waals surface area contributed by atoms with Crippen LogP contribution in [0.1, 0.15) is 21.5 Å². The second-order valence-corrected chi connectivity index (χ2v) is 7.16. The summed E-state index contributed by atoms with van der Waals surface area (Å²) >= 11 is 1.44. The summed E-state index contributed by atoms with van der Waals surface area (Å²) in [5.74, 6) is -0.434. The number of hydrogen-bond donors (Lipinski definition) is 0. The molecule has 3 aromatic rings. The van der Waals surface area contributed by atoms with Crippen molar-refractivity contribution in [2.45, 2.75) is 20.4 Å². The summed E-state index contributed by atoms with van der Waals surface area (Å²) in [5, 5.41) is 10.8. The predicted octanol–water partition coefficient (Wildman–Crippen LogP) is 3.62. The van der Waals surface area contributed by atoms with E-state index in [1.807, 2.05) is 18.4 Å². The number of fused-ring (bicyclic) bond motifs is 1. The molecule has 3 rings (SSSR count). The lowest BCUT2D eigenvalue weighted by Crippen LogP contribution is -2.19. The van der Waals surface area contributed by atoms with Gasteiger partial charge in [0.15, 0.2) is 4.80 Å². The van der Waals surface area contributed by atoms with Gasteiger partial charge in [-0.25, -0.2) is 0 Å². The van der Waals surface area contributed by atoms with Gasteiger partial charge in [-0.2, -0.15) is 4.99 Å². The predicted molar refractivity (Wildman–Crippen MR) is 104 cm³/mol. The number of methoxy groups -OCH3 is 1. The van der Waals surface area contributed by atoms with Crippen molar-refractivity contribution in [1.29, 1.82) is 0 Å². The SMILES string of the molecule is COCCn1c(=NC(=O)c2ccc([N+](=O)[O-])cc2)sc2cc(C)c(C)cc21. The number of non-ortho nitro benzene ring substituents is 1. The highest BCUT2D eigenvalue weighted by Crippen LogP contribution is 2.22. The summed E-state index contributed by atoms with van der Waals surface area (Å²) in [6.45, 7) is 5.17. The van der Waals surface area contributed by atoms with Crippen LogP contribution >= 0.6 is 11.3 Å². The zero-order valence-electron chi connectivity index (χ0n) is 15.3. The molecule has 7 nitrogen and oxygen atoms in total. The van der Waals surface area contributed by atoms with E-state index in [9.17, 15) is 14.9 Å². The molecule has 1 amide bonds. The van der Waals surface area contributed by atoms with Crippen LogP contribution in [-0.4, -0.2) is 29.1 Å². The second kappa shape index (κ2) is 7.81. The van der Waals surface area contributed by atoms with E-state index in [2.05, 4.69) is 17.1 Å². The summed E-state index contributed by atoms with van der Waals surface area (Å²) in [6, 6.07) is 9.63. The molecule has 0 saturated heterocycles. The molecule has 140 valence electrons. The Morgan fingerprint density at radius 3 is 2.52 bits per heavy atom. The zero-order chi connectivity index (χ0) is 19.6. The standard InChI is InChI=1S/C19H19N3O4S/c1-12-10-16-17(11-13(12)2)27-19(21(16)8-9-26-3)20-18(23)14-4-6-15(7-5-14)22(24)25/h4-7,10-11H,8-9H2,1-3H3. The van der Waals surface area contributed by atoms with Crippen LogP contribution in [0, 0.1) is 24.0 Å². The third-order valence-corrected chi connectivity index (χ3v) is 5.38. The van der Waals surface area contributed by atoms with Gasteiger partial charge in [-0.15, -0.1) is 0 Å². The topological polar surface area (TPSA) is 86.7 Å². The molecule has 0 aliphatic rings. The third kappa shape index (κ3) is 3.96. The van der Waals surface area contributed by atoms with Crippen molar-refractivity contribution < 1.29 is 14.5 Å². The lowest BCUT2D eigenvalue weighted by molar-refractivity contribution is -0.384. The lowest BCUT2D eigenvalue weighted by Gasteiger charge is -2.06. The molecule has 0 bridgehead atoms. The Kier molecular flexibility index (Phi) is 5.48. The van der Waals surface area contributed by atoms with Gasteiger partial charge in [-0.05, 0) is 49.2 Å². The number of aryl methyl sites for hydroxylation is 2. The van der Waals surface area contributed by atoms with Gasteiger partial charge in [0.05, 0.1) is 21.7 Å². The number of ether oxygens (including phenoxy) is 1. The first kappa shape index (κ1) is 18.9. The molecule has 0 radical (unpaired) electrons. The maximum Gasteiger partial charge on any atom is 0.279 e. The van der Waals surface area contributed by atoms with E-state index < -0.39 is 10.8 Å². The Labute approximate surface area is 159 Å². The van der Waals surface area contributed by atoms with Crippen LogP contribution in [0.5, 0.6) is 0 Å². The number of benzene rings is 2. The smallest absolute Gasteiger partial charge is 0.279 e. The van der Waals surface area contributed by atoms with Crippen molar-refractivity contribution in [2.24, 2.45) is 4.99 Å².